The lowest BCUT2D eigenvalue weighted by atomic mass is 9.74. The first kappa shape index (κ1) is 32.3. The zero-order chi connectivity index (χ0) is 30.2. The van der Waals surface area contributed by atoms with Gasteiger partial charge in [-0.3, -0.25) is 13.9 Å². The molecule has 3 aliphatic heterocycles. The summed E-state index contributed by atoms with van der Waals surface area (Å²) in [6, 6.07) is 22.6. The van der Waals surface area contributed by atoms with E-state index >= 15 is 0 Å². The van der Waals surface area contributed by atoms with Crippen molar-refractivity contribution in [1.82, 2.24) is 15.5 Å². The standard InChI is InChI=1S/C33H37ClN4O4S.ClH/c1-43(41,42)38-22-33(28-8-4-5-9-30(28)38)14-16-37(17-15-33)31(39)20-27(18-23-10-12-26(34)13-11-23)36-32(40)29-19-24-6-2-3-7-25(24)21-35-29;/h2-13,27,29,35H,14-22H2,1H3,(H,36,40);1H/t27-,29+;/m0./s1. The molecule has 1 saturated heterocycles. The number of nitrogens with one attached hydrogen (secondary N) is 2. The first-order chi connectivity index (χ1) is 20.6. The van der Waals surface area contributed by atoms with Crippen LogP contribution in [0.2, 0.25) is 5.02 Å². The molecule has 3 aromatic carbocycles. The van der Waals surface area contributed by atoms with Gasteiger partial charge in [0.2, 0.25) is 21.8 Å². The molecule has 234 valence electrons. The number of hydrogen-bond donors (Lipinski definition) is 2. The van der Waals surface area contributed by atoms with Crippen molar-refractivity contribution >= 4 is 51.5 Å². The van der Waals surface area contributed by atoms with Gasteiger partial charge in [0.15, 0.2) is 0 Å². The minimum absolute atomic E-state index is 0. The number of fused-ring (bicyclic) bond motifs is 3. The van der Waals surface area contributed by atoms with Gasteiger partial charge in [0.25, 0.3) is 0 Å². The summed E-state index contributed by atoms with van der Waals surface area (Å²) in [6.07, 6.45) is 3.90. The Kier molecular flexibility index (Phi) is 9.61. The summed E-state index contributed by atoms with van der Waals surface area (Å²) in [5, 5.41) is 7.16. The summed E-state index contributed by atoms with van der Waals surface area (Å²) < 4.78 is 26.6. The number of carbonyl (C=O) groups excluding carboxylic acids is 2. The van der Waals surface area contributed by atoms with Crippen LogP contribution in [0.25, 0.3) is 0 Å². The van der Waals surface area contributed by atoms with Crippen LogP contribution < -0.4 is 14.9 Å². The number of para-hydroxylation sites is 1. The van der Waals surface area contributed by atoms with E-state index < -0.39 is 10.0 Å². The van der Waals surface area contributed by atoms with Crippen molar-refractivity contribution in [2.75, 3.05) is 30.2 Å². The monoisotopic (exact) mass is 656 g/mol. The fourth-order valence-corrected chi connectivity index (χ4v) is 7.98. The van der Waals surface area contributed by atoms with Crippen molar-refractivity contribution in [1.29, 1.82) is 0 Å². The van der Waals surface area contributed by atoms with Gasteiger partial charge < -0.3 is 15.5 Å². The molecule has 0 unspecified atom stereocenters. The molecular formula is C33H38Cl2N4O4S. The van der Waals surface area contributed by atoms with E-state index in [1.165, 1.54) is 16.1 Å². The molecule has 6 rings (SSSR count). The van der Waals surface area contributed by atoms with Gasteiger partial charge in [-0.2, -0.15) is 0 Å². The van der Waals surface area contributed by atoms with Gasteiger partial charge in [0.1, 0.15) is 0 Å². The normalized spacial score (nSPS) is 19.5. The Morgan fingerprint density at radius 2 is 1.66 bits per heavy atom. The second kappa shape index (κ2) is 13.1. The summed E-state index contributed by atoms with van der Waals surface area (Å²) in [7, 11) is -3.41. The quantitative estimate of drug-likeness (QED) is 0.397. The van der Waals surface area contributed by atoms with Crippen molar-refractivity contribution in [3.05, 3.63) is 100 Å². The first-order valence-electron chi connectivity index (χ1n) is 14.8. The van der Waals surface area contributed by atoms with E-state index in [9.17, 15) is 18.0 Å². The average molecular weight is 658 g/mol. The highest BCUT2D eigenvalue weighted by Crippen LogP contribution is 2.47. The molecule has 2 atom stereocenters. The summed E-state index contributed by atoms with van der Waals surface area (Å²) in [5.41, 5.74) is 4.83. The molecule has 2 amide bonds. The summed E-state index contributed by atoms with van der Waals surface area (Å²) >= 11 is 6.10. The van der Waals surface area contributed by atoms with Crippen LogP contribution in [0.1, 0.15) is 41.5 Å². The van der Waals surface area contributed by atoms with E-state index in [4.69, 9.17) is 11.6 Å². The van der Waals surface area contributed by atoms with Crippen molar-refractivity contribution < 1.29 is 18.0 Å². The smallest absolute Gasteiger partial charge is 0.237 e. The van der Waals surface area contributed by atoms with Gasteiger partial charge in [0, 0.05) is 49.1 Å². The highest BCUT2D eigenvalue weighted by molar-refractivity contribution is 7.92. The van der Waals surface area contributed by atoms with E-state index in [1.807, 2.05) is 65.6 Å². The van der Waals surface area contributed by atoms with E-state index in [0.717, 1.165) is 22.4 Å². The molecule has 3 aromatic rings. The number of benzene rings is 3. The third-order valence-electron chi connectivity index (χ3n) is 9.22. The molecule has 1 spiro atoms. The lowest BCUT2D eigenvalue weighted by molar-refractivity contribution is -0.133. The predicted octanol–water partition coefficient (Wildman–Crippen LogP) is 4.23. The highest BCUT2D eigenvalue weighted by atomic mass is 35.5. The number of rotatable bonds is 7. The Morgan fingerprint density at radius 3 is 2.36 bits per heavy atom. The average Bonchev–Trinajstić information content (AvgIpc) is 3.32. The second-order valence-corrected chi connectivity index (χ2v) is 14.4. The summed E-state index contributed by atoms with van der Waals surface area (Å²) in [4.78, 5) is 29.0. The minimum Gasteiger partial charge on any atom is -0.351 e. The zero-order valence-corrected chi connectivity index (χ0v) is 27.1. The molecule has 0 bridgehead atoms. The Labute approximate surface area is 270 Å². The number of hydrogen-bond acceptors (Lipinski definition) is 5. The SMILES string of the molecule is CS(=O)(=O)N1CC2(CCN(C(=O)C[C@H](Cc3ccc(Cl)cc3)NC(=O)[C@H]3Cc4ccccc4CN3)CC2)c2ccccc21.Cl. The van der Waals surface area contributed by atoms with Crippen LogP contribution in [0.4, 0.5) is 5.69 Å². The van der Waals surface area contributed by atoms with Gasteiger partial charge in [-0.15, -0.1) is 12.4 Å². The molecule has 1 fully saturated rings. The van der Waals surface area contributed by atoms with Crippen LogP contribution in [0.3, 0.4) is 0 Å². The van der Waals surface area contributed by atoms with E-state index in [2.05, 4.69) is 22.8 Å². The topological polar surface area (TPSA) is 98.8 Å². The maximum atomic E-state index is 13.7. The number of nitrogens with zero attached hydrogens (tertiary/aromatic N) is 2. The number of anilines is 1. The molecule has 3 heterocycles. The fourth-order valence-electron chi connectivity index (χ4n) is 6.85. The number of piperidine rings is 1. The zero-order valence-electron chi connectivity index (χ0n) is 24.7. The molecule has 44 heavy (non-hydrogen) atoms. The molecule has 11 heteroatoms. The van der Waals surface area contributed by atoms with Crippen LogP contribution >= 0.6 is 24.0 Å². The maximum Gasteiger partial charge on any atom is 0.237 e. The van der Waals surface area contributed by atoms with Crippen molar-refractivity contribution in [2.45, 2.75) is 56.1 Å². The van der Waals surface area contributed by atoms with Gasteiger partial charge in [-0.05, 0) is 66.1 Å². The number of amides is 2. The fraction of sp³-hybridized carbons (Fsp3) is 0.394. The van der Waals surface area contributed by atoms with Gasteiger partial charge in [-0.1, -0.05) is 66.2 Å². The Bertz CT molecular complexity index is 1620. The molecular weight excluding hydrogens is 619 g/mol. The number of carbonyl (C=O) groups is 2. The lowest BCUT2D eigenvalue weighted by Crippen LogP contribution is -2.52. The third-order valence-corrected chi connectivity index (χ3v) is 10.6. The highest BCUT2D eigenvalue weighted by Gasteiger charge is 2.47. The molecule has 8 nitrogen and oxygen atoms in total. The van der Waals surface area contributed by atoms with Crippen LogP contribution in [0.5, 0.6) is 0 Å². The number of likely N-dealkylation sites (tertiary alicyclic amines) is 1. The van der Waals surface area contributed by atoms with Crippen LogP contribution in [-0.4, -0.2) is 63.1 Å². The Morgan fingerprint density at radius 1 is 1.00 bits per heavy atom. The molecule has 0 aromatic heterocycles. The maximum absolute atomic E-state index is 13.7. The van der Waals surface area contributed by atoms with Gasteiger partial charge >= 0.3 is 0 Å². The van der Waals surface area contributed by atoms with Crippen LogP contribution in [-0.2, 0) is 44.4 Å². The molecule has 0 aliphatic carbocycles. The minimum atomic E-state index is -3.41. The van der Waals surface area contributed by atoms with Crippen LogP contribution in [0, 0.1) is 0 Å². The molecule has 0 radical (unpaired) electrons. The van der Waals surface area contributed by atoms with Crippen molar-refractivity contribution in [3.63, 3.8) is 0 Å². The molecule has 0 saturated carbocycles. The number of halogens is 2. The number of sulfonamides is 1. The van der Waals surface area contributed by atoms with Crippen molar-refractivity contribution in [3.8, 4) is 0 Å². The van der Waals surface area contributed by atoms with E-state index in [-0.39, 0.29) is 48.1 Å². The second-order valence-electron chi connectivity index (χ2n) is 12.1. The van der Waals surface area contributed by atoms with Crippen molar-refractivity contribution in [2.24, 2.45) is 0 Å². The third kappa shape index (κ3) is 6.76. The predicted molar refractivity (Wildman–Crippen MR) is 176 cm³/mol. The first-order valence-corrected chi connectivity index (χ1v) is 17.0. The summed E-state index contributed by atoms with van der Waals surface area (Å²) in [6.45, 7) is 2.10. The van der Waals surface area contributed by atoms with Gasteiger partial charge in [-0.25, -0.2) is 8.42 Å². The van der Waals surface area contributed by atoms with E-state index in [1.54, 1.807) is 0 Å². The summed E-state index contributed by atoms with van der Waals surface area (Å²) in [5.74, 6) is -0.121. The Balaban J connectivity index is 0.00000384. The van der Waals surface area contributed by atoms with E-state index in [0.29, 0.717) is 56.9 Å². The largest absolute Gasteiger partial charge is 0.351 e. The molecule has 3 aliphatic rings. The molecule has 2 N–H and O–H groups in total. The van der Waals surface area contributed by atoms with Gasteiger partial charge in [0.05, 0.1) is 18.0 Å². The van der Waals surface area contributed by atoms with Crippen LogP contribution in [0.15, 0.2) is 72.8 Å². The Hall–Kier alpha value is -3.11. The lowest BCUT2D eigenvalue weighted by Gasteiger charge is -2.40.